The lowest BCUT2D eigenvalue weighted by Crippen LogP contribution is -2.00. The van der Waals surface area contributed by atoms with Crippen LogP contribution in [0.2, 0.25) is 0 Å². The Morgan fingerprint density at radius 2 is 2.00 bits per heavy atom. The number of aryl methyl sites for hydroxylation is 2. The number of ether oxygens (including phenoxy) is 1. The molecule has 0 atom stereocenters. The van der Waals surface area contributed by atoms with Gasteiger partial charge in [-0.25, -0.2) is 4.79 Å². The predicted octanol–water partition coefficient (Wildman–Crippen LogP) is 3.34. The lowest BCUT2D eigenvalue weighted by Gasteiger charge is -2.00. The number of carbonyl (C=O) groups is 1. The first-order valence-electron chi connectivity index (χ1n) is 5.63. The van der Waals surface area contributed by atoms with E-state index >= 15 is 0 Å². The molecular weight excluding hydrogens is 219 g/mol. The zero-order chi connectivity index (χ0) is 12.7. The molecule has 0 saturated heterocycles. The van der Waals surface area contributed by atoms with E-state index in [-0.39, 0.29) is 0 Å². The lowest BCUT2D eigenvalue weighted by atomic mass is 10.1. The summed E-state index contributed by atoms with van der Waals surface area (Å²) >= 11 is 0. The number of methoxy groups -OCH3 is 1. The van der Waals surface area contributed by atoms with E-state index in [9.17, 15) is 9.18 Å². The van der Waals surface area contributed by atoms with Crippen LogP contribution in [0.1, 0.15) is 24.0 Å². The summed E-state index contributed by atoms with van der Waals surface area (Å²) in [6.07, 6.45) is 3.51. The van der Waals surface area contributed by atoms with Gasteiger partial charge in [-0.3, -0.25) is 0 Å². The van der Waals surface area contributed by atoms with Crippen LogP contribution in [0.25, 0.3) is 0 Å². The molecule has 1 rings (SSSR count). The van der Waals surface area contributed by atoms with Gasteiger partial charge in [-0.1, -0.05) is 29.8 Å². The average molecular weight is 236 g/mol. The van der Waals surface area contributed by atoms with E-state index in [4.69, 9.17) is 0 Å². The highest BCUT2D eigenvalue weighted by Gasteiger charge is 2.06. The third-order valence-electron chi connectivity index (χ3n) is 2.49. The van der Waals surface area contributed by atoms with E-state index in [0.717, 1.165) is 12.8 Å². The second-order valence-electron chi connectivity index (χ2n) is 3.92. The second kappa shape index (κ2) is 6.84. The summed E-state index contributed by atoms with van der Waals surface area (Å²) in [5.41, 5.74) is 2.45. The summed E-state index contributed by atoms with van der Waals surface area (Å²) in [7, 11) is 1.17. The van der Waals surface area contributed by atoms with Crippen molar-refractivity contribution >= 4 is 5.97 Å². The van der Waals surface area contributed by atoms with Gasteiger partial charge < -0.3 is 4.74 Å². The monoisotopic (exact) mass is 236 g/mol. The molecule has 0 radical (unpaired) electrons. The minimum absolute atomic E-state index is 0.537. The number of hydrogen-bond donors (Lipinski definition) is 0. The van der Waals surface area contributed by atoms with Crippen LogP contribution >= 0.6 is 0 Å². The highest BCUT2D eigenvalue weighted by atomic mass is 19.1. The molecule has 1 aromatic rings. The van der Waals surface area contributed by atoms with Crippen LogP contribution in [-0.4, -0.2) is 13.1 Å². The molecule has 92 valence electrons. The van der Waals surface area contributed by atoms with Gasteiger partial charge in [-0.2, -0.15) is 4.39 Å². The number of carbonyl (C=O) groups excluding carboxylic acids is 1. The predicted molar refractivity (Wildman–Crippen MR) is 65.3 cm³/mol. The third kappa shape index (κ3) is 4.81. The van der Waals surface area contributed by atoms with Gasteiger partial charge in [0.15, 0.2) is 0 Å². The average Bonchev–Trinajstić information content (AvgIpc) is 2.35. The fraction of sp³-hybridized carbons (Fsp3) is 0.357. The van der Waals surface area contributed by atoms with Gasteiger partial charge >= 0.3 is 5.97 Å². The van der Waals surface area contributed by atoms with Crippen LogP contribution in [0.15, 0.2) is 36.2 Å². The summed E-state index contributed by atoms with van der Waals surface area (Å²) in [5.74, 6) is -1.71. The summed E-state index contributed by atoms with van der Waals surface area (Å²) in [5, 5.41) is 0. The molecule has 0 heterocycles. The largest absolute Gasteiger partial charge is 0.464 e. The highest BCUT2D eigenvalue weighted by molar-refractivity contribution is 5.85. The maximum absolute atomic E-state index is 13.0. The molecule has 0 unspecified atom stereocenters. The standard InChI is InChI=1S/C14H17FO2/c1-11-7-9-12(10-8-11)5-3-4-6-13(15)14(16)17-2/h6-10H,3-5H2,1-2H3/b13-6-. The van der Waals surface area contributed by atoms with Crippen molar-refractivity contribution in [2.45, 2.75) is 26.2 Å². The zero-order valence-corrected chi connectivity index (χ0v) is 10.2. The topological polar surface area (TPSA) is 26.3 Å². The first-order chi connectivity index (χ1) is 8.13. The van der Waals surface area contributed by atoms with Crippen LogP contribution in [0, 0.1) is 6.92 Å². The third-order valence-corrected chi connectivity index (χ3v) is 2.49. The van der Waals surface area contributed by atoms with Gasteiger partial charge in [0.25, 0.3) is 0 Å². The molecule has 0 aliphatic carbocycles. The molecule has 0 amide bonds. The van der Waals surface area contributed by atoms with Gasteiger partial charge in [0, 0.05) is 0 Å². The first-order valence-corrected chi connectivity index (χ1v) is 5.63. The number of halogens is 1. The second-order valence-corrected chi connectivity index (χ2v) is 3.92. The number of rotatable bonds is 5. The number of unbranched alkanes of at least 4 members (excludes halogenated alkanes) is 1. The van der Waals surface area contributed by atoms with Crippen LogP contribution in [0.3, 0.4) is 0 Å². The van der Waals surface area contributed by atoms with Crippen LogP contribution in [-0.2, 0) is 16.0 Å². The van der Waals surface area contributed by atoms with Crippen LogP contribution in [0.4, 0.5) is 4.39 Å². The molecule has 0 N–H and O–H groups in total. The van der Waals surface area contributed by atoms with E-state index in [1.165, 1.54) is 24.3 Å². The summed E-state index contributed by atoms with van der Waals surface area (Å²) in [6, 6.07) is 8.24. The molecule has 0 spiro atoms. The van der Waals surface area contributed by atoms with Crippen LogP contribution in [0.5, 0.6) is 0 Å². The van der Waals surface area contributed by atoms with Crippen molar-refractivity contribution in [3.8, 4) is 0 Å². The smallest absolute Gasteiger partial charge is 0.366 e. The van der Waals surface area contributed by atoms with Gasteiger partial charge in [0.05, 0.1) is 7.11 Å². The van der Waals surface area contributed by atoms with E-state index < -0.39 is 11.8 Å². The Kier molecular flexibility index (Phi) is 5.40. The Labute approximate surface area is 101 Å². The maximum Gasteiger partial charge on any atom is 0.366 e. The molecule has 3 heteroatoms. The van der Waals surface area contributed by atoms with Crippen LogP contribution < -0.4 is 0 Å². The first kappa shape index (κ1) is 13.4. The van der Waals surface area contributed by atoms with E-state index in [2.05, 4.69) is 29.0 Å². The molecule has 2 nitrogen and oxygen atoms in total. The molecule has 1 aromatic carbocycles. The van der Waals surface area contributed by atoms with Crippen molar-refractivity contribution in [3.05, 3.63) is 47.3 Å². The Morgan fingerprint density at radius 3 is 2.59 bits per heavy atom. The Morgan fingerprint density at radius 1 is 1.35 bits per heavy atom. The molecule has 0 fully saturated rings. The van der Waals surface area contributed by atoms with Crippen molar-refractivity contribution < 1.29 is 13.9 Å². The number of esters is 1. The lowest BCUT2D eigenvalue weighted by molar-refractivity contribution is -0.137. The molecular formula is C14H17FO2. The Bertz CT molecular complexity index is 393. The molecule has 0 saturated carbocycles. The van der Waals surface area contributed by atoms with Crippen molar-refractivity contribution in [2.24, 2.45) is 0 Å². The van der Waals surface area contributed by atoms with E-state index in [1.54, 1.807) is 0 Å². The summed E-state index contributed by atoms with van der Waals surface area (Å²) in [4.78, 5) is 10.7. The Balaban J connectivity index is 2.33. The molecule has 0 aliphatic heterocycles. The van der Waals surface area contributed by atoms with Gasteiger partial charge in [-0.15, -0.1) is 0 Å². The maximum atomic E-state index is 13.0. The fourth-order valence-corrected chi connectivity index (χ4v) is 1.47. The minimum atomic E-state index is -0.902. The SMILES string of the molecule is COC(=O)/C(F)=C/CCCc1ccc(C)cc1. The number of hydrogen-bond acceptors (Lipinski definition) is 2. The van der Waals surface area contributed by atoms with Gasteiger partial charge in [-0.05, 0) is 37.8 Å². The molecule has 17 heavy (non-hydrogen) atoms. The molecule has 0 aromatic heterocycles. The van der Waals surface area contributed by atoms with Crippen molar-refractivity contribution in [2.75, 3.05) is 7.11 Å². The van der Waals surface area contributed by atoms with E-state index in [1.807, 2.05) is 6.92 Å². The Hall–Kier alpha value is -1.64. The fourth-order valence-electron chi connectivity index (χ4n) is 1.47. The summed E-state index contributed by atoms with van der Waals surface area (Å²) in [6.45, 7) is 2.04. The highest BCUT2D eigenvalue weighted by Crippen LogP contribution is 2.09. The zero-order valence-electron chi connectivity index (χ0n) is 10.2. The van der Waals surface area contributed by atoms with Crippen molar-refractivity contribution in [3.63, 3.8) is 0 Å². The number of benzene rings is 1. The van der Waals surface area contributed by atoms with Gasteiger partial charge in [0.2, 0.25) is 5.83 Å². The summed E-state index contributed by atoms with van der Waals surface area (Å²) < 4.78 is 17.2. The normalized spacial score (nSPS) is 11.4. The molecule has 0 aliphatic rings. The quantitative estimate of drug-likeness (QED) is 0.445. The van der Waals surface area contributed by atoms with E-state index in [0.29, 0.717) is 6.42 Å². The minimum Gasteiger partial charge on any atom is -0.464 e. The van der Waals surface area contributed by atoms with Crippen molar-refractivity contribution in [1.82, 2.24) is 0 Å². The van der Waals surface area contributed by atoms with Crippen molar-refractivity contribution in [1.29, 1.82) is 0 Å². The van der Waals surface area contributed by atoms with Gasteiger partial charge in [0.1, 0.15) is 0 Å². The number of allylic oxidation sites excluding steroid dienone is 1. The molecule has 0 bridgehead atoms.